The second kappa shape index (κ2) is 5.58. The normalized spacial score (nSPS) is 26.5. The first kappa shape index (κ1) is 11.0. The molecule has 13 heavy (non-hydrogen) atoms. The molecule has 3 nitrogen and oxygen atoms in total. The highest BCUT2D eigenvalue weighted by Crippen LogP contribution is 2.15. The Morgan fingerprint density at radius 1 is 1.62 bits per heavy atom. The van der Waals surface area contributed by atoms with Crippen molar-refractivity contribution in [2.24, 2.45) is 5.73 Å². The third-order valence-corrected chi connectivity index (χ3v) is 2.75. The van der Waals surface area contributed by atoms with Crippen molar-refractivity contribution in [2.45, 2.75) is 38.3 Å². The van der Waals surface area contributed by atoms with E-state index >= 15 is 0 Å². The summed E-state index contributed by atoms with van der Waals surface area (Å²) >= 11 is 0. The van der Waals surface area contributed by atoms with Crippen LogP contribution in [0.2, 0.25) is 0 Å². The third-order valence-electron chi connectivity index (χ3n) is 2.75. The van der Waals surface area contributed by atoms with Crippen LogP contribution in [-0.4, -0.2) is 43.8 Å². The Morgan fingerprint density at radius 2 is 2.38 bits per heavy atom. The van der Waals surface area contributed by atoms with E-state index in [-0.39, 0.29) is 0 Å². The summed E-state index contributed by atoms with van der Waals surface area (Å²) in [5.41, 5.74) is 5.87. The number of ether oxygens (including phenoxy) is 1. The van der Waals surface area contributed by atoms with Gasteiger partial charge in [-0.2, -0.15) is 0 Å². The number of likely N-dealkylation sites (tertiary alicyclic amines) is 1. The van der Waals surface area contributed by atoms with Crippen molar-refractivity contribution in [2.75, 3.05) is 26.8 Å². The van der Waals surface area contributed by atoms with E-state index in [0.717, 1.165) is 26.1 Å². The van der Waals surface area contributed by atoms with Crippen molar-refractivity contribution in [3.8, 4) is 0 Å². The summed E-state index contributed by atoms with van der Waals surface area (Å²) in [6.45, 7) is 5.27. The molecule has 1 aliphatic rings. The van der Waals surface area contributed by atoms with Crippen molar-refractivity contribution in [3.63, 3.8) is 0 Å². The van der Waals surface area contributed by atoms with E-state index in [0.29, 0.717) is 12.1 Å². The highest BCUT2D eigenvalue weighted by molar-refractivity contribution is 4.83. The largest absolute Gasteiger partial charge is 0.383 e. The maximum absolute atomic E-state index is 5.87. The molecule has 1 fully saturated rings. The van der Waals surface area contributed by atoms with Crippen LogP contribution < -0.4 is 5.73 Å². The minimum Gasteiger partial charge on any atom is -0.383 e. The molecule has 0 aromatic heterocycles. The average molecular weight is 186 g/mol. The third kappa shape index (κ3) is 3.25. The van der Waals surface area contributed by atoms with Crippen LogP contribution in [0.3, 0.4) is 0 Å². The number of nitrogens with zero attached hydrogens (tertiary/aromatic N) is 1. The Morgan fingerprint density at radius 3 is 2.85 bits per heavy atom. The number of hydrogen-bond acceptors (Lipinski definition) is 3. The summed E-state index contributed by atoms with van der Waals surface area (Å²) in [6.07, 6.45) is 3.59. The molecular weight excluding hydrogens is 164 g/mol. The first-order valence-corrected chi connectivity index (χ1v) is 5.26. The van der Waals surface area contributed by atoms with E-state index in [9.17, 15) is 0 Å². The van der Waals surface area contributed by atoms with Crippen LogP contribution in [0.15, 0.2) is 0 Å². The summed E-state index contributed by atoms with van der Waals surface area (Å²) in [5.74, 6) is 0. The summed E-state index contributed by atoms with van der Waals surface area (Å²) in [4.78, 5) is 2.47. The van der Waals surface area contributed by atoms with Gasteiger partial charge in [-0.15, -0.1) is 0 Å². The molecule has 3 heteroatoms. The molecule has 2 unspecified atom stereocenters. The molecule has 2 N–H and O–H groups in total. The van der Waals surface area contributed by atoms with Crippen LogP contribution in [0.1, 0.15) is 26.2 Å². The van der Waals surface area contributed by atoms with E-state index in [1.54, 1.807) is 7.11 Å². The first-order chi connectivity index (χ1) is 6.27. The van der Waals surface area contributed by atoms with Gasteiger partial charge in [0, 0.05) is 32.3 Å². The molecule has 0 radical (unpaired) electrons. The molecule has 1 rings (SSSR count). The van der Waals surface area contributed by atoms with E-state index in [1.807, 2.05) is 0 Å². The van der Waals surface area contributed by atoms with E-state index < -0.39 is 0 Å². The quantitative estimate of drug-likeness (QED) is 0.691. The fraction of sp³-hybridized carbons (Fsp3) is 1.00. The molecule has 0 bridgehead atoms. The van der Waals surface area contributed by atoms with E-state index in [1.165, 1.54) is 12.8 Å². The fourth-order valence-corrected chi connectivity index (χ4v) is 2.04. The Hall–Kier alpha value is -0.120. The monoisotopic (exact) mass is 186 g/mol. The van der Waals surface area contributed by atoms with Gasteiger partial charge in [0.2, 0.25) is 0 Å². The van der Waals surface area contributed by atoms with Crippen LogP contribution in [0.4, 0.5) is 0 Å². The van der Waals surface area contributed by atoms with Crippen LogP contribution in [0, 0.1) is 0 Å². The molecule has 1 heterocycles. The van der Waals surface area contributed by atoms with Gasteiger partial charge in [-0.25, -0.2) is 0 Å². The Labute approximate surface area is 81.2 Å². The Bertz CT molecular complexity index is 135. The molecule has 0 amide bonds. The molecule has 2 atom stereocenters. The van der Waals surface area contributed by atoms with Crippen LogP contribution >= 0.6 is 0 Å². The number of nitrogens with two attached hydrogens (primary N) is 1. The Kier molecular flexibility index (Phi) is 4.70. The molecule has 1 saturated heterocycles. The van der Waals surface area contributed by atoms with Gasteiger partial charge < -0.3 is 10.5 Å². The summed E-state index contributed by atoms with van der Waals surface area (Å²) in [7, 11) is 1.78. The van der Waals surface area contributed by atoms with Crippen molar-refractivity contribution in [1.29, 1.82) is 0 Å². The number of rotatable bonds is 5. The van der Waals surface area contributed by atoms with Crippen LogP contribution in [-0.2, 0) is 4.74 Å². The molecule has 0 aromatic carbocycles. The van der Waals surface area contributed by atoms with Gasteiger partial charge in [-0.1, -0.05) is 13.3 Å². The zero-order valence-electron chi connectivity index (χ0n) is 8.83. The van der Waals surface area contributed by atoms with Gasteiger partial charge in [0.1, 0.15) is 0 Å². The second-order valence-corrected chi connectivity index (χ2v) is 3.94. The molecule has 0 aliphatic carbocycles. The molecular formula is C10H22N2O. The lowest BCUT2D eigenvalue weighted by Crippen LogP contribution is -2.38. The van der Waals surface area contributed by atoms with Crippen molar-refractivity contribution < 1.29 is 4.74 Å². The number of methoxy groups -OCH3 is 1. The minimum atomic E-state index is 0.385. The summed E-state index contributed by atoms with van der Waals surface area (Å²) in [6, 6.07) is 0.972. The highest BCUT2D eigenvalue weighted by Gasteiger charge is 2.25. The van der Waals surface area contributed by atoms with Gasteiger partial charge in [0.15, 0.2) is 0 Å². The van der Waals surface area contributed by atoms with Gasteiger partial charge in [0.05, 0.1) is 6.61 Å². The van der Waals surface area contributed by atoms with Gasteiger partial charge in [0.25, 0.3) is 0 Å². The van der Waals surface area contributed by atoms with Crippen LogP contribution in [0.5, 0.6) is 0 Å². The predicted molar refractivity (Wildman–Crippen MR) is 54.7 cm³/mol. The summed E-state index contributed by atoms with van der Waals surface area (Å²) in [5, 5.41) is 0. The number of hydrogen-bond donors (Lipinski definition) is 1. The zero-order valence-corrected chi connectivity index (χ0v) is 8.83. The standard InChI is InChI=1S/C10H22N2O/c1-3-4-10(8-13-2)12-6-5-9(11)7-12/h9-10H,3-8,11H2,1-2H3. The Balaban J connectivity index is 2.35. The lowest BCUT2D eigenvalue weighted by atomic mass is 10.1. The highest BCUT2D eigenvalue weighted by atomic mass is 16.5. The topological polar surface area (TPSA) is 38.5 Å². The zero-order chi connectivity index (χ0) is 9.68. The molecule has 78 valence electrons. The lowest BCUT2D eigenvalue weighted by molar-refractivity contribution is 0.0988. The molecule has 0 saturated carbocycles. The lowest BCUT2D eigenvalue weighted by Gasteiger charge is -2.26. The van der Waals surface area contributed by atoms with Crippen LogP contribution in [0.25, 0.3) is 0 Å². The first-order valence-electron chi connectivity index (χ1n) is 5.26. The average Bonchev–Trinajstić information content (AvgIpc) is 2.51. The smallest absolute Gasteiger partial charge is 0.0618 e. The maximum atomic E-state index is 5.87. The second-order valence-electron chi connectivity index (χ2n) is 3.94. The van der Waals surface area contributed by atoms with Gasteiger partial charge in [-0.3, -0.25) is 4.90 Å². The minimum absolute atomic E-state index is 0.385. The van der Waals surface area contributed by atoms with E-state index in [4.69, 9.17) is 10.5 Å². The van der Waals surface area contributed by atoms with Gasteiger partial charge in [-0.05, 0) is 12.8 Å². The van der Waals surface area contributed by atoms with Crippen molar-refractivity contribution in [3.05, 3.63) is 0 Å². The van der Waals surface area contributed by atoms with Gasteiger partial charge >= 0.3 is 0 Å². The SMILES string of the molecule is CCCC(COC)N1CCC(N)C1. The predicted octanol–water partition coefficient (Wildman–Crippen LogP) is 0.835. The maximum Gasteiger partial charge on any atom is 0.0618 e. The van der Waals surface area contributed by atoms with E-state index in [2.05, 4.69) is 11.8 Å². The fourth-order valence-electron chi connectivity index (χ4n) is 2.04. The summed E-state index contributed by atoms with van der Waals surface area (Å²) < 4.78 is 5.22. The van der Waals surface area contributed by atoms with Crippen molar-refractivity contribution in [1.82, 2.24) is 4.90 Å². The van der Waals surface area contributed by atoms with Crippen molar-refractivity contribution >= 4 is 0 Å². The molecule has 0 spiro atoms. The molecule has 1 aliphatic heterocycles. The molecule has 0 aromatic rings.